The summed E-state index contributed by atoms with van der Waals surface area (Å²) in [7, 11) is -3.68. The van der Waals surface area contributed by atoms with Crippen molar-refractivity contribution in [1.29, 1.82) is 0 Å². The lowest BCUT2D eigenvalue weighted by Crippen LogP contribution is -2.37. The number of sulfone groups is 1. The predicted molar refractivity (Wildman–Crippen MR) is 115 cm³/mol. The van der Waals surface area contributed by atoms with Gasteiger partial charge in [0, 0.05) is 36.7 Å². The molecule has 1 aromatic heterocycles. The third-order valence-corrected chi connectivity index (χ3v) is 6.32. The third kappa shape index (κ3) is 4.69. The number of carbonyl (C=O) groups is 2. The van der Waals surface area contributed by atoms with Crippen molar-refractivity contribution in [3.05, 3.63) is 88.2 Å². The lowest BCUT2D eigenvalue weighted by atomic mass is 9.90. The van der Waals surface area contributed by atoms with Crippen LogP contribution in [0, 0.1) is 0 Å². The Morgan fingerprint density at radius 2 is 1.74 bits per heavy atom. The van der Waals surface area contributed by atoms with Crippen LogP contribution in [0.5, 0.6) is 0 Å². The minimum absolute atomic E-state index is 0.0594. The molecular weight excluding hydrogens is 471 g/mol. The van der Waals surface area contributed by atoms with Crippen molar-refractivity contribution >= 4 is 21.5 Å². The van der Waals surface area contributed by atoms with Gasteiger partial charge in [-0.15, -0.1) is 0 Å². The van der Waals surface area contributed by atoms with Crippen molar-refractivity contribution < 1.29 is 31.2 Å². The van der Waals surface area contributed by atoms with E-state index in [1.807, 2.05) is 0 Å². The van der Waals surface area contributed by atoms with E-state index in [0.29, 0.717) is 12.0 Å². The van der Waals surface area contributed by atoms with Crippen LogP contribution in [0.15, 0.2) is 59.9 Å². The van der Waals surface area contributed by atoms with Gasteiger partial charge in [0.15, 0.2) is 5.78 Å². The Labute approximate surface area is 193 Å². The average Bonchev–Trinajstić information content (AvgIpc) is 2.81. The fraction of sp³-hybridized carbons (Fsp3) is 0.217. The van der Waals surface area contributed by atoms with E-state index < -0.39 is 38.4 Å². The van der Waals surface area contributed by atoms with Crippen LogP contribution in [0.1, 0.15) is 43.1 Å². The van der Waals surface area contributed by atoms with Crippen LogP contribution < -0.4 is 0 Å². The Bertz CT molecular complexity index is 1390. The number of ketones is 1. The number of benzene rings is 2. The van der Waals surface area contributed by atoms with Gasteiger partial charge in [0.2, 0.25) is 15.0 Å². The summed E-state index contributed by atoms with van der Waals surface area (Å²) in [5, 5.41) is -0.444. The summed E-state index contributed by atoms with van der Waals surface area (Å²) in [6.45, 7) is 0.419. The highest BCUT2D eigenvalue weighted by Crippen LogP contribution is 2.30. The number of carbonyl (C=O) groups excluding carboxylic acids is 2. The fourth-order valence-electron chi connectivity index (χ4n) is 3.76. The van der Waals surface area contributed by atoms with E-state index >= 15 is 0 Å². The molecule has 0 saturated heterocycles. The normalized spacial score (nSPS) is 13.9. The summed E-state index contributed by atoms with van der Waals surface area (Å²) in [5.74, 6) is -0.878. The molecule has 1 amide bonds. The molecule has 0 saturated carbocycles. The number of hydrogen-bond acceptors (Lipinski definition) is 6. The lowest BCUT2D eigenvalue weighted by Gasteiger charge is -2.29. The predicted octanol–water partition coefficient (Wildman–Crippen LogP) is 3.33. The molecule has 0 atom stereocenters. The SMILES string of the molecule is CS(=O)(=O)c1nccc(C(=O)N2CCc3c(cccc3C(=O)c3ccc(C(F)(F)F)cc3)C2)n1. The smallest absolute Gasteiger partial charge is 0.333 e. The summed E-state index contributed by atoms with van der Waals surface area (Å²) < 4.78 is 61.8. The number of nitrogens with zero attached hydrogens (tertiary/aromatic N) is 3. The summed E-state index contributed by atoms with van der Waals surface area (Å²) in [6.07, 6.45) is -2.00. The van der Waals surface area contributed by atoms with Gasteiger partial charge in [0.05, 0.1) is 5.56 Å². The third-order valence-electron chi connectivity index (χ3n) is 5.46. The van der Waals surface area contributed by atoms with Crippen LogP contribution >= 0.6 is 0 Å². The van der Waals surface area contributed by atoms with Gasteiger partial charge in [-0.25, -0.2) is 18.4 Å². The topological polar surface area (TPSA) is 97.3 Å². The van der Waals surface area contributed by atoms with E-state index in [1.54, 1.807) is 18.2 Å². The Morgan fingerprint density at radius 1 is 1.03 bits per heavy atom. The first-order chi connectivity index (χ1) is 15.9. The highest BCUT2D eigenvalue weighted by molar-refractivity contribution is 7.90. The van der Waals surface area contributed by atoms with Crippen molar-refractivity contribution in [3.8, 4) is 0 Å². The molecule has 0 fully saturated rings. The first kappa shape index (κ1) is 23.6. The van der Waals surface area contributed by atoms with Crippen molar-refractivity contribution in [3.63, 3.8) is 0 Å². The quantitative estimate of drug-likeness (QED) is 0.412. The molecule has 3 aromatic rings. The summed E-state index contributed by atoms with van der Waals surface area (Å²) in [5.41, 5.74) is 1.04. The van der Waals surface area contributed by atoms with E-state index in [-0.39, 0.29) is 24.3 Å². The number of amides is 1. The molecular formula is C23H18F3N3O4S. The van der Waals surface area contributed by atoms with Crippen molar-refractivity contribution in [1.82, 2.24) is 14.9 Å². The second kappa shape index (κ2) is 8.64. The highest BCUT2D eigenvalue weighted by Gasteiger charge is 2.31. The molecule has 0 N–H and O–H groups in total. The maximum atomic E-state index is 13.0. The summed E-state index contributed by atoms with van der Waals surface area (Å²) in [4.78, 5) is 35.0. The van der Waals surface area contributed by atoms with Crippen LogP contribution in [-0.2, 0) is 29.0 Å². The molecule has 4 rings (SSSR count). The molecule has 2 aromatic carbocycles. The van der Waals surface area contributed by atoms with Crippen LogP contribution in [0.3, 0.4) is 0 Å². The number of fused-ring (bicyclic) bond motifs is 1. The van der Waals surface area contributed by atoms with Gasteiger partial charge in [-0.1, -0.05) is 30.3 Å². The van der Waals surface area contributed by atoms with Gasteiger partial charge in [-0.3, -0.25) is 9.59 Å². The molecule has 1 aliphatic rings. The first-order valence-corrected chi connectivity index (χ1v) is 12.0. The Hall–Kier alpha value is -3.60. The maximum absolute atomic E-state index is 13.0. The van der Waals surface area contributed by atoms with Gasteiger partial charge in [-0.05, 0) is 35.7 Å². The van der Waals surface area contributed by atoms with E-state index in [4.69, 9.17) is 0 Å². The molecule has 0 bridgehead atoms. The van der Waals surface area contributed by atoms with E-state index in [9.17, 15) is 31.2 Å². The molecule has 1 aliphatic heterocycles. The van der Waals surface area contributed by atoms with Gasteiger partial charge < -0.3 is 4.90 Å². The molecule has 0 aliphatic carbocycles. The van der Waals surface area contributed by atoms with Gasteiger partial charge >= 0.3 is 6.18 Å². The minimum atomic E-state index is -4.49. The summed E-state index contributed by atoms with van der Waals surface area (Å²) >= 11 is 0. The fourth-order valence-corrected chi connectivity index (χ4v) is 4.28. The van der Waals surface area contributed by atoms with E-state index in [0.717, 1.165) is 41.6 Å². The van der Waals surface area contributed by atoms with E-state index in [1.165, 1.54) is 17.2 Å². The second-order valence-electron chi connectivity index (χ2n) is 7.82. The van der Waals surface area contributed by atoms with Crippen molar-refractivity contribution in [2.45, 2.75) is 24.3 Å². The molecule has 0 unspecified atom stereocenters. The molecule has 0 spiro atoms. The van der Waals surface area contributed by atoms with Crippen LogP contribution in [-0.4, -0.2) is 47.8 Å². The van der Waals surface area contributed by atoms with Crippen LogP contribution in [0.2, 0.25) is 0 Å². The van der Waals surface area contributed by atoms with Crippen molar-refractivity contribution in [2.24, 2.45) is 0 Å². The highest BCUT2D eigenvalue weighted by atomic mass is 32.2. The van der Waals surface area contributed by atoms with Gasteiger partial charge in [0.1, 0.15) is 5.69 Å². The number of aromatic nitrogens is 2. The van der Waals surface area contributed by atoms with Gasteiger partial charge in [-0.2, -0.15) is 13.2 Å². The van der Waals surface area contributed by atoms with Crippen LogP contribution in [0.25, 0.3) is 0 Å². The van der Waals surface area contributed by atoms with Crippen LogP contribution in [0.4, 0.5) is 13.2 Å². The number of alkyl halides is 3. The van der Waals surface area contributed by atoms with Gasteiger partial charge in [0.25, 0.3) is 5.91 Å². The minimum Gasteiger partial charge on any atom is -0.333 e. The largest absolute Gasteiger partial charge is 0.416 e. The monoisotopic (exact) mass is 489 g/mol. The lowest BCUT2D eigenvalue weighted by molar-refractivity contribution is -0.137. The number of hydrogen-bond donors (Lipinski definition) is 0. The zero-order valence-electron chi connectivity index (χ0n) is 17.8. The molecule has 11 heteroatoms. The average molecular weight is 489 g/mol. The molecule has 2 heterocycles. The zero-order chi connectivity index (χ0) is 24.7. The zero-order valence-corrected chi connectivity index (χ0v) is 18.7. The first-order valence-electron chi connectivity index (χ1n) is 10.1. The molecule has 34 heavy (non-hydrogen) atoms. The molecule has 0 radical (unpaired) electrons. The number of halogens is 3. The maximum Gasteiger partial charge on any atom is 0.416 e. The second-order valence-corrected chi connectivity index (χ2v) is 9.73. The standard InChI is InChI=1S/C23H18F3N3O4S/c1-34(32,33)22-27-11-9-19(28-22)21(31)29-12-10-17-15(13-29)3-2-4-18(17)20(30)14-5-7-16(8-6-14)23(24,25)26/h2-9,11H,10,12-13H2,1H3. The Kier molecular flexibility index (Phi) is 5.98. The Morgan fingerprint density at radius 3 is 2.38 bits per heavy atom. The Balaban J connectivity index is 1.58. The summed E-state index contributed by atoms with van der Waals surface area (Å²) in [6, 6.07) is 10.4. The number of rotatable bonds is 4. The van der Waals surface area contributed by atoms with Crippen molar-refractivity contribution in [2.75, 3.05) is 12.8 Å². The van der Waals surface area contributed by atoms with E-state index in [2.05, 4.69) is 9.97 Å². The molecule has 176 valence electrons. The molecule has 7 nitrogen and oxygen atoms in total.